The predicted molar refractivity (Wildman–Crippen MR) is 88.3 cm³/mol. The summed E-state index contributed by atoms with van der Waals surface area (Å²) >= 11 is 11.9. The quantitative estimate of drug-likeness (QED) is 0.455. The van der Waals surface area contributed by atoms with E-state index in [0.29, 0.717) is 21.5 Å². The smallest absolute Gasteiger partial charge is 0.326 e. The Kier molecular flexibility index (Phi) is 5.79. The number of halogens is 2. The van der Waals surface area contributed by atoms with Crippen LogP contribution in [0.1, 0.15) is 5.69 Å². The highest BCUT2D eigenvalue weighted by molar-refractivity contribution is 6.35. The first kappa shape index (κ1) is 17.8. The first-order valence-electron chi connectivity index (χ1n) is 6.65. The standard InChI is InChI=1S/C15H12Cl2N4O3/c1-9-5-13(24-12-4-3-10(16)6-11(12)17)20-15(19-9)21(8-18)7-14(22)23-2/h3-6H,7H2,1-2H3. The van der Waals surface area contributed by atoms with Crippen molar-refractivity contribution in [3.63, 3.8) is 0 Å². The van der Waals surface area contributed by atoms with E-state index in [1.165, 1.54) is 13.2 Å². The number of carbonyl (C=O) groups excluding carboxylic acids is 1. The highest BCUT2D eigenvalue weighted by Crippen LogP contribution is 2.31. The lowest BCUT2D eigenvalue weighted by molar-refractivity contribution is -0.138. The van der Waals surface area contributed by atoms with Crippen molar-refractivity contribution in [1.29, 1.82) is 5.26 Å². The molecule has 0 atom stereocenters. The number of hydrogen-bond acceptors (Lipinski definition) is 7. The maximum atomic E-state index is 11.4. The van der Waals surface area contributed by atoms with Crippen LogP contribution in [0.25, 0.3) is 0 Å². The zero-order valence-corrected chi connectivity index (χ0v) is 14.3. The van der Waals surface area contributed by atoms with E-state index in [2.05, 4.69) is 14.7 Å². The molecule has 0 spiro atoms. The molecule has 2 aromatic rings. The Hall–Kier alpha value is -2.56. The number of nitriles is 1. The third-order valence-corrected chi connectivity index (χ3v) is 3.33. The third kappa shape index (κ3) is 4.47. The Morgan fingerprint density at radius 2 is 2.08 bits per heavy atom. The van der Waals surface area contributed by atoms with E-state index in [0.717, 1.165) is 4.90 Å². The fraction of sp³-hybridized carbons (Fsp3) is 0.200. The molecular weight excluding hydrogens is 355 g/mol. The topological polar surface area (TPSA) is 88.3 Å². The minimum atomic E-state index is -0.593. The predicted octanol–water partition coefficient (Wildman–Crippen LogP) is 3.34. The van der Waals surface area contributed by atoms with E-state index in [1.807, 2.05) is 6.19 Å². The minimum Gasteiger partial charge on any atom is -0.468 e. The second kappa shape index (κ2) is 7.81. The lowest BCUT2D eigenvalue weighted by Crippen LogP contribution is -2.27. The molecule has 0 saturated heterocycles. The average molecular weight is 367 g/mol. The molecule has 1 aromatic carbocycles. The summed E-state index contributed by atoms with van der Waals surface area (Å²) < 4.78 is 10.2. The Morgan fingerprint density at radius 1 is 1.33 bits per heavy atom. The number of benzene rings is 1. The first-order chi connectivity index (χ1) is 11.4. The number of hydrogen-bond donors (Lipinski definition) is 0. The van der Waals surface area contributed by atoms with Gasteiger partial charge in [-0.2, -0.15) is 10.2 Å². The molecule has 7 nitrogen and oxygen atoms in total. The Balaban J connectivity index is 2.31. The molecule has 0 fully saturated rings. The second-order valence-corrected chi connectivity index (χ2v) is 5.43. The van der Waals surface area contributed by atoms with E-state index in [4.69, 9.17) is 27.9 Å². The van der Waals surface area contributed by atoms with Crippen molar-refractivity contribution in [2.45, 2.75) is 6.92 Å². The Bertz CT molecular complexity index is 808. The number of aromatic nitrogens is 2. The number of nitrogens with zero attached hydrogens (tertiary/aromatic N) is 4. The maximum Gasteiger partial charge on any atom is 0.326 e. The molecule has 1 heterocycles. The van der Waals surface area contributed by atoms with E-state index in [-0.39, 0.29) is 18.4 Å². The van der Waals surface area contributed by atoms with Gasteiger partial charge in [-0.05, 0) is 25.1 Å². The highest BCUT2D eigenvalue weighted by atomic mass is 35.5. The summed E-state index contributed by atoms with van der Waals surface area (Å²) in [6.45, 7) is 1.40. The van der Waals surface area contributed by atoms with Gasteiger partial charge in [0.05, 0.1) is 12.1 Å². The SMILES string of the molecule is COC(=O)CN(C#N)c1nc(C)cc(Oc2ccc(Cl)cc2Cl)n1. The fourth-order valence-electron chi connectivity index (χ4n) is 1.71. The monoisotopic (exact) mass is 366 g/mol. The van der Waals surface area contributed by atoms with Gasteiger partial charge in [-0.15, -0.1) is 0 Å². The molecular formula is C15H12Cl2N4O3. The van der Waals surface area contributed by atoms with Crippen molar-refractivity contribution < 1.29 is 14.3 Å². The molecule has 2 rings (SSSR count). The highest BCUT2D eigenvalue weighted by Gasteiger charge is 2.16. The molecule has 0 saturated carbocycles. The molecule has 0 amide bonds. The number of rotatable bonds is 5. The Morgan fingerprint density at radius 3 is 2.71 bits per heavy atom. The molecule has 0 aliphatic heterocycles. The molecule has 24 heavy (non-hydrogen) atoms. The fourth-order valence-corrected chi connectivity index (χ4v) is 2.16. The van der Waals surface area contributed by atoms with Crippen LogP contribution in [-0.4, -0.2) is 29.6 Å². The van der Waals surface area contributed by atoms with Gasteiger partial charge in [0.1, 0.15) is 12.3 Å². The number of methoxy groups -OCH3 is 1. The van der Waals surface area contributed by atoms with Crippen molar-refractivity contribution in [1.82, 2.24) is 9.97 Å². The van der Waals surface area contributed by atoms with Gasteiger partial charge in [-0.1, -0.05) is 23.2 Å². The van der Waals surface area contributed by atoms with Crippen molar-refractivity contribution in [2.75, 3.05) is 18.6 Å². The summed E-state index contributed by atoms with van der Waals surface area (Å²) in [5.74, 6) is -0.0544. The number of aryl methyl sites for hydroxylation is 1. The summed E-state index contributed by atoms with van der Waals surface area (Å²) in [7, 11) is 1.23. The molecule has 0 unspecified atom stereocenters. The van der Waals surface area contributed by atoms with E-state index < -0.39 is 5.97 Å². The van der Waals surface area contributed by atoms with Gasteiger partial charge in [-0.3, -0.25) is 4.79 Å². The largest absolute Gasteiger partial charge is 0.468 e. The molecule has 1 aromatic heterocycles. The molecule has 0 aliphatic carbocycles. The van der Waals surface area contributed by atoms with Crippen LogP contribution in [0.3, 0.4) is 0 Å². The van der Waals surface area contributed by atoms with Crippen LogP contribution >= 0.6 is 23.2 Å². The van der Waals surface area contributed by atoms with Crippen molar-refractivity contribution in [2.24, 2.45) is 0 Å². The van der Waals surface area contributed by atoms with Crippen molar-refractivity contribution in [3.8, 4) is 17.8 Å². The Labute approximate surface area is 148 Å². The number of carbonyl (C=O) groups is 1. The van der Waals surface area contributed by atoms with Crippen molar-refractivity contribution in [3.05, 3.63) is 40.0 Å². The normalized spacial score (nSPS) is 9.96. The summed E-state index contributed by atoms with van der Waals surface area (Å²) in [5.41, 5.74) is 0.546. The summed E-state index contributed by atoms with van der Waals surface area (Å²) in [6.07, 6.45) is 1.83. The van der Waals surface area contributed by atoms with Crippen LogP contribution in [0.15, 0.2) is 24.3 Å². The molecule has 0 N–H and O–H groups in total. The second-order valence-electron chi connectivity index (χ2n) is 4.59. The van der Waals surface area contributed by atoms with Crippen LogP contribution < -0.4 is 9.64 Å². The zero-order valence-electron chi connectivity index (χ0n) is 12.8. The third-order valence-electron chi connectivity index (χ3n) is 2.80. The molecule has 124 valence electrons. The van der Waals surface area contributed by atoms with E-state index in [1.54, 1.807) is 25.1 Å². The van der Waals surface area contributed by atoms with Gasteiger partial charge in [-0.25, -0.2) is 9.88 Å². The van der Waals surface area contributed by atoms with Gasteiger partial charge in [0.15, 0.2) is 6.19 Å². The van der Waals surface area contributed by atoms with Gasteiger partial charge >= 0.3 is 5.97 Å². The van der Waals surface area contributed by atoms with Crippen LogP contribution in [-0.2, 0) is 9.53 Å². The first-order valence-corrected chi connectivity index (χ1v) is 7.41. The number of ether oxygens (including phenoxy) is 2. The average Bonchev–Trinajstić information content (AvgIpc) is 2.54. The van der Waals surface area contributed by atoms with Crippen LogP contribution in [0.4, 0.5) is 5.95 Å². The van der Waals surface area contributed by atoms with Gasteiger partial charge < -0.3 is 9.47 Å². The van der Waals surface area contributed by atoms with Crippen LogP contribution in [0.5, 0.6) is 11.6 Å². The van der Waals surface area contributed by atoms with E-state index >= 15 is 0 Å². The minimum absolute atomic E-state index is 0.0167. The zero-order chi connectivity index (χ0) is 17.7. The van der Waals surface area contributed by atoms with Crippen LogP contribution in [0, 0.1) is 18.4 Å². The summed E-state index contributed by atoms with van der Waals surface area (Å²) in [4.78, 5) is 20.6. The lowest BCUT2D eigenvalue weighted by Gasteiger charge is -2.14. The van der Waals surface area contributed by atoms with Gasteiger partial charge in [0, 0.05) is 16.8 Å². The summed E-state index contributed by atoms with van der Waals surface area (Å²) in [6, 6.07) is 6.32. The molecule has 0 bridgehead atoms. The summed E-state index contributed by atoms with van der Waals surface area (Å²) in [5, 5.41) is 9.97. The van der Waals surface area contributed by atoms with Crippen molar-refractivity contribution >= 4 is 35.1 Å². The molecule has 0 radical (unpaired) electrons. The molecule has 0 aliphatic rings. The number of anilines is 1. The maximum absolute atomic E-state index is 11.4. The van der Waals surface area contributed by atoms with Gasteiger partial charge in [0.25, 0.3) is 0 Å². The van der Waals surface area contributed by atoms with Gasteiger partial charge in [0.2, 0.25) is 11.8 Å². The lowest BCUT2D eigenvalue weighted by atomic mass is 10.3. The number of esters is 1. The van der Waals surface area contributed by atoms with E-state index in [9.17, 15) is 10.1 Å². The molecule has 9 heteroatoms. The van der Waals surface area contributed by atoms with Crippen LogP contribution in [0.2, 0.25) is 10.0 Å².